The number of carbonyl (C=O) groups excluding carboxylic acids is 1. The van der Waals surface area contributed by atoms with Gasteiger partial charge < -0.3 is 15.3 Å². The number of carbonyl (C=O) groups is 2. The Hall–Kier alpha value is -1.10. The van der Waals surface area contributed by atoms with Crippen LogP contribution in [-0.2, 0) is 9.59 Å². The van der Waals surface area contributed by atoms with Crippen molar-refractivity contribution in [3.63, 3.8) is 0 Å². The second kappa shape index (κ2) is 6.73. The zero-order chi connectivity index (χ0) is 13.7. The molecule has 0 aromatic carbocycles. The fraction of sp³-hybridized carbons (Fsp3) is 0.846. The maximum Gasteiger partial charge on any atom is 0.306 e. The van der Waals surface area contributed by atoms with Gasteiger partial charge in [0, 0.05) is 19.1 Å². The van der Waals surface area contributed by atoms with Crippen molar-refractivity contribution in [1.82, 2.24) is 10.2 Å². The minimum Gasteiger partial charge on any atom is -0.481 e. The first kappa shape index (κ1) is 15.0. The van der Waals surface area contributed by atoms with Gasteiger partial charge in [0.25, 0.3) is 0 Å². The zero-order valence-electron chi connectivity index (χ0n) is 11.5. The Morgan fingerprint density at radius 3 is 2.28 bits per heavy atom. The van der Waals surface area contributed by atoms with Crippen LogP contribution in [0.2, 0.25) is 0 Å². The molecule has 0 radical (unpaired) electrons. The van der Waals surface area contributed by atoms with Crippen LogP contribution in [0.25, 0.3) is 0 Å². The number of nitrogens with zero attached hydrogens (tertiary/aromatic N) is 1. The molecule has 1 saturated carbocycles. The molecule has 0 atom stereocenters. The van der Waals surface area contributed by atoms with Crippen molar-refractivity contribution >= 4 is 11.9 Å². The number of hydrogen-bond acceptors (Lipinski definition) is 3. The standard InChI is InChI=1S/C13H24N2O3/c1-9(2)15(3)12(16)8-14-11-6-4-10(5-7-11)13(17)18/h9-11,14H,4-8H2,1-3H3,(H,17,18). The van der Waals surface area contributed by atoms with Crippen LogP contribution in [0.3, 0.4) is 0 Å². The molecule has 1 rings (SSSR count). The molecular formula is C13H24N2O3. The van der Waals surface area contributed by atoms with Crippen LogP contribution in [0, 0.1) is 5.92 Å². The highest BCUT2D eigenvalue weighted by Gasteiger charge is 2.26. The maximum absolute atomic E-state index is 11.8. The second-order valence-electron chi connectivity index (χ2n) is 5.37. The van der Waals surface area contributed by atoms with Gasteiger partial charge in [-0.15, -0.1) is 0 Å². The fourth-order valence-corrected chi connectivity index (χ4v) is 2.19. The molecular weight excluding hydrogens is 232 g/mol. The summed E-state index contributed by atoms with van der Waals surface area (Å²) in [5.74, 6) is -0.800. The van der Waals surface area contributed by atoms with Gasteiger partial charge in [-0.25, -0.2) is 0 Å². The van der Waals surface area contributed by atoms with Crippen LogP contribution in [0.5, 0.6) is 0 Å². The summed E-state index contributed by atoms with van der Waals surface area (Å²) in [5.41, 5.74) is 0. The number of carboxylic acids is 1. The Labute approximate surface area is 109 Å². The summed E-state index contributed by atoms with van der Waals surface area (Å²) in [4.78, 5) is 24.3. The predicted molar refractivity (Wildman–Crippen MR) is 69.3 cm³/mol. The highest BCUT2D eigenvalue weighted by Crippen LogP contribution is 2.24. The SMILES string of the molecule is CC(C)N(C)C(=O)CNC1CCC(C(=O)O)CC1. The molecule has 0 aromatic heterocycles. The van der Waals surface area contributed by atoms with Crippen molar-refractivity contribution in [3.8, 4) is 0 Å². The lowest BCUT2D eigenvalue weighted by Crippen LogP contribution is -2.43. The number of carboxylic acid groups (broad SMARTS) is 1. The van der Waals surface area contributed by atoms with Crippen molar-refractivity contribution in [3.05, 3.63) is 0 Å². The van der Waals surface area contributed by atoms with E-state index in [0.29, 0.717) is 19.4 Å². The van der Waals surface area contributed by atoms with Gasteiger partial charge in [0.15, 0.2) is 0 Å². The van der Waals surface area contributed by atoms with Gasteiger partial charge in [-0.2, -0.15) is 0 Å². The highest BCUT2D eigenvalue weighted by atomic mass is 16.4. The molecule has 104 valence electrons. The smallest absolute Gasteiger partial charge is 0.306 e. The van der Waals surface area contributed by atoms with Gasteiger partial charge in [-0.1, -0.05) is 0 Å². The molecule has 0 aromatic rings. The zero-order valence-corrected chi connectivity index (χ0v) is 11.5. The van der Waals surface area contributed by atoms with Crippen LogP contribution in [-0.4, -0.2) is 47.6 Å². The van der Waals surface area contributed by atoms with E-state index < -0.39 is 5.97 Å². The van der Waals surface area contributed by atoms with E-state index in [1.165, 1.54) is 0 Å². The molecule has 18 heavy (non-hydrogen) atoms. The van der Waals surface area contributed by atoms with Crippen molar-refractivity contribution in [2.24, 2.45) is 5.92 Å². The third-order valence-electron chi connectivity index (χ3n) is 3.79. The Kier molecular flexibility index (Phi) is 5.59. The number of likely N-dealkylation sites (N-methyl/N-ethyl adjacent to an activating group) is 1. The Balaban J connectivity index is 2.26. The van der Waals surface area contributed by atoms with E-state index in [2.05, 4.69) is 5.32 Å². The lowest BCUT2D eigenvalue weighted by molar-refractivity contribution is -0.143. The summed E-state index contributed by atoms with van der Waals surface area (Å²) in [6, 6.07) is 0.493. The number of nitrogens with one attached hydrogen (secondary N) is 1. The molecule has 1 aliphatic carbocycles. The third kappa shape index (κ3) is 4.29. The van der Waals surface area contributed by atoms with Crippen molar-refractivity contribution in [2.45, 2.75) is 51.6 Å². The molecule has 1 aliphatic rings. The van der Waals surface area contributed by atoms with E-state index in [9.17, 15) is 9.59 Å². The third-order valence-corrected chi connectivity index (χ3v) is 3.79. The van der Waals surface area contributed by atoms with E-state index in [1.54, 1.807) is 11.9 Å². The highest BCUT2D eigenvalue weighted by molar-refractivity contribution is 5.78. The normalized spacial score (nSPS) is 24.0. The first-order chi connectivity index (χ1) is 8.41. The van der Waals surface area contributed by atoms with Gasteiger partial charge in [0.2, 0.25) is 5.91 Å². The first-order valence-electron chi connectivity index (χ1n) is 6.63. The predicted octanol–water partition coefficient (Wildman–Crippen LogP) is 1.09. The van der Waals surface area contributed by atoms with Crippen LogP contribution in [0.4, 0.5) is 0 Å². The van der Waals surface area contributed by atoms with E-state index in [-0.39, 0.29) is 23.9 Å². The minimum absolute atomic E-state index is 0.0883. The molecule has 5 nitrogen and oxygen atoms in total. The summed E-state index contributed by atoms with van der Waals surface area (Å²) in [6.45, 7) is 4.31. The molecule has 1 amide bonds. The van der Waals surface area contributed by atoms with E-state index in [4.69, 9.17) is 5.11 Å². The Morgan fingerprint density at radius 1 is 1.28 bits per heavy atom. The molecule has 0 heterocycles. The summed E-state index contributed by atoms with van der Waals surface area (Å²) in [5, 5.41) is 12.1. The second-order valence-corrected chi connectivity index (χ2v) is 5.37. The largest absolute Gasteiger partial charge is 0.481 e. The molecule has 0 saturated heterocycles. The Morgan fingerprint density at radius 2 is 1.83 bits per heavy atom. The van der Waals surface area contributed by atoms with Crippen LogP contribution >= 0.6 is 0 Å². The number of aliphatic carboxylic acids is 1. The quantitative estimate of drug-likeness (QED) is 0.772. The molecule has 0 bridgehead atoms. The maximum atomic E-state index is 11.8. The monoisotopic (exact) mass is 256 g/mol. The molecule has 2 N–H and O–H groups in total. The van der Waals surface area contributed by atoms with Gasteiger partial charge in [0.1, 0.15) is 0 Å². The summed E-state index contributed by atoms with van der Waals surface area (Å²) in [6.07, 6.45) is 3.10. The van der Waals surface area contributed by atoms with E-state index in [0.717, 1.165) is 12.8 Å². The average molecular weight is 256 g/mol. The van der Waals surface area contributed by atoms with E-state index >= 15 is 0 Å². The van der Waals surface area contributed by atoms with Crippen molar-refractivity contribution < 1.29 is 14.7 Å². The molecule has 0 unspecified atom stereocenters. The molecule has 1 fully saturated rings. The molecule has 0 spiro atoms. The number of rotatable bonds is 5. The molecule has 5 heteroatoms. The average Bonchev–Trinajstić information content (AvgIpc) is 2.35. The summed E-state index contributed by atoms with van der Waals surface area (Å²) in [7, 11) is 1.80. The summed E-state index contributed by atoms with van der Waals surface area (Å²) < 4.78 is 0. The van der Waals surface area contributed by atoms with E-state index in [1.807, 2.05) is 13.8 Å². The van der Waals surface area contributed by atoms with Gasteiger partial charge in [-0.3, -0.25) is 9.59 Å². The van der Waals surface area contributed by atoms with Crippen LogP contribution in [0.15, 0.2) is 0 Å². The fourth-order valence-electron chi connectivity index (χ4n) is 2.19. The lowest BCUT2D eigenvalue weighted by atomic mass is 9.86. The van der Waals surface area contributed by atoms with Crippen molar-refractivity contribution in [2.75, 3.05) is 13.6 Å². The van der Waals surface area contributed by atoms with Gasteiger partial charge in [-0.05, 0) is 39.5 Å². The van der Waals surface area contributed by atoms with Gasteiger partial charge >= 0.3 is 5.97 Å². The number of hydrogen-bond donors (Lipinski definition) is 2. The van der Waals surface area contributed by atoms with Gasteiger partial charge in [0.05, 0.1) is 12.5 Å². The topological polar surface area (TPSA) is 69.6 Å². The Bertz CT molecular complexity index is 297. The molecule has 0 aliphatic heterocycles. The first-order valence-corrected chi connectivity index (χ1v) is 6.63. The number of amides is 1. The summed E-state index contributed by atoms with van der Waals surface area (Å²) >= 11 is 0. The van der Waals surface area contributed by atoms with Crippen molar-refractivity contribution in [1.29, 1.82) is 0 Å². The van der Waals surface area contributed by atoms with Crippen LogP contribution < -0.4 is 5.32 Å². The minimum atomic E-state index is -0.691. The van der Waals surface area contributed by atoms with Crippen LogP contribution in [0.1, 0.15) is 39.5 Å². The lowest BCUT2D eigenvalue weighted by Gasteiger charge is -2.28.